The fourth-order valence-corrected chi connectivity index (χ4v) is 4.09. The molecule has 2 fully saturated rings. The number of morpholine rings is 1. The Morgan fingerprint density at radius 1 is 1.13 bits per heavy atom. The van der Waals surface area contributed by atoms with E-state index in [0.717, 1.165) is 19.6 Å². The monoisotopic (exact) mass is 425 g/mol. The first-order chi connectivity index (χ1) is 15.1. The number of benzene rings is 1. The quantitative estimate of drug-likeness (QED) is 0.435. The third-order valence-electron chi connectivity index (χ3n) is 5.64. The minimum absolute atomic E-state index is 0.0341. The van der Waals surface area contributed by atoms with Gasteiger partial charge < -0.3 is 14.7 Å². The Labute approximate surface area is 179 Å². The van der Waals surface area contributed by atoms with Crippen molar-refractivity contribution < 1.29 is 23.8 Å². The number of carbonyl (C=O) groups is 2. The molecule has 0 radical (unpaired) electrons. The van der Waals surface area contributed by atoms with Crippen LogP contribution in [0.3, 0.4) is 0 Å². The molecule has 0 unspecified atom stereocenters. The number of aliphatic hydroxyl groups is 1. The van der Waals surface area contributed by atoms with Gasteiger partial charge in [0.2, 0.25) is 0 Å². The highest BCUT2D eigenvalue weighted by Crippen LogP contribution is 2.39. The van der Waals surface area contributed by atoms with Crippen LogP contribution in [0.5, 0.6) is 0 Å². The third-order valence-corrected chi connectivity index (χ3v) is 5.64. The standard InChI is InChI=1S/C23H24FN3O4/c24-18-4-1-3-17(15-18)20-19(21(28)16-5-7-25-8-6-16)22(29)23(30)27(20)10-2-9-26-11-13-31-14-12-26/h1,3-8,15,20,28H,2,9-14H2/t20-/m0/s1. The number of hydrogen-bond donors (Lipinski definition) is 1. The number of aliphatic hydroxyl groups excluding tert-OH is 1. The van der Waals surface area contributed by atoms with Crippen LogP contribution in [0, 0.1) is 5.82 Å². The Morgan fingerprint density at radius 2 is 1.87 bits per heavy atom. The van der Waals surface area contributed by atoms with Crippen molar-refractivity contribution in [3.63, 3.8) is 0 Å². The van der Waals surface area contributed by atoms with Gasteiger partial charge in [-0.1, -0.05) is 12.1 Å². The Bertz CT molecular complexity index is 989. The fraction of sp³-hybridized carbons (Fsp3) is 0.348. The molecule has 2 aromatic rings. The van der Waals surface area contributed by atoms with Crippen molar-refractivity contribution in [3.05, 3.63) is 71.3 Å². The molecule has 3 heterocycles. The highest BCUT2D eigenvalue weighted by Gasteiger charge is 2.45. The lowest BCUT2D eigenvalue weighted by atomic mass is 9.95. The number of likely N-dealkylation sites (tertiary alicyclic amines) is 1. The van der Waals surface area contributed by atoms with Crippen molar-refractivity contribution in [2.75, 3.05) is 39.4 Å². The molecule has 8 heteroatoms. The first-order valence-electron chi connectivity index (χ1n) is 10.3. The number of aromatic nitrogens is 1. The van der Waals surface area contributed by atoms with Gasteiger partial charge in [-0.3, -0.25) is 19.5 Å². The number of halogens is 1. The summed E-state index contributed by atoms with van der Waals surface area (Å²) in [5, 5.41) is 10.9. The average Bonchev–Trinajstić information content (AvgIpc) is 3.05. The van der Waals surface area contributed by atoms with E-state index in [1.807, 2.05) is 0 Å². The minimum Gasteiger partial charge on any atom is -0.507 e. The van der Waals surface area contributed by atoms with Gasteiger partial charge in [0.1, 0.15) is 11.6 Å². The van der Waals surface area contributed by atoms with E-state index in [0.29, 0.717) is 37.3 Å². The normalized spacial score (nSPS) is 21.6. The zero-order valence-electron chi connectivity index (χ0n) is 17.0. The molecule has 0 saturated carbocycles. The zero-order chi connectivity index (χ0) is 21.8. The zero-order valence-corrected chi connectivity index (χ0v) is 17.0. The number of pyridine rings is 1. The molecule has 7 nitrogen and oxygen atoms in total. The second-order valence-electron chi connectivity index (χ2n) is 7.59. The summed E-state index contributed by atoms with van der Waals surface area (Å²) in [6.07, 6.45) is 3.63. The first kappa shape index (κ1) is 21.1. The number of amides is 1. The number of ketones is 1. The predicted molar refractivity (Wildman–Crippen MR) is 112 cm³/mol. The van der Waals surface area contributed by atoms with E-state index in [4.69, 9.17) is 4.74 Å². The number of Topliss-reactive ketones (excluding diaryl/α,β-unsaturated/α-hetero) is 1. The van der Waals surface area contributed by atoms with Crippen LogP contribution in [-0.2, 0) is 14.3 Å². The summed E-state index contributed by atoms with van der Waals surface area (Å²) in [5.41, 5.74) is 0.789. The molecule has 1 aromatic heterocycles. The molecule has 1 N–H and O–H groups in total. The van der Waals surface area contributed by atoms with Crippen LogP contribution in [0.15, 0.2) is 54.4 Å². The lowest BCUT2D eigenvalue weighted by molar-refractivity contribution is -0.140. The highest BCUT2D eigenvalue weighted by molar-refractivity contribution is 6.46. The molecule has 0 aliphatic carbocycles. The molecule has 4 rings (SSSR count). The van der Waals surface area contributed by atoms with Crippen molar-refractivity contribution in [2.45, 2.75) is 12.5 Å². The van der Waals surface area contributed by atoms with Gasteiger partial charge in [0, 0.05) is 44.1 Å². The Hall–Kier alpha value is -3.10. The second kappa shape index (κ2) is 9.36. The van der Waals surface area contributed by atoms with Crippen molar-refractivity contribution in [1.82, 2.24) is 14.8 Å². The molecule has 2 saturated heterocycles. The molecular formula is C23H24FN3O4. The van der Waals surface area contributed by atoms with E-state index < -0.39 is 23.5 Å². The Balaban J connectivity index is 1.66. The molecule has 2 aliphatic rings. The number of ether oxygens (including phenoxy) is 1. The van der Waals surface area contributed by atoms with Crippen molar-refractivity contribution in [1.29, 1.82) is 0 Å². The van der Waals surface area contributed by atoms with Crippen molar-refractivity contribution >= 4 is 17.4 Å². The van der Waals surface area contributed by atoms with Crippen molar-refractivity contribution in [2.24, 2.45) is 0 Å². The molecule has 31 heavy (non-hydrogen) atoms. The highest BCUT2D eigenvalue weighted by atomic mass is 19.1. The molecule has 0 bridgehead atoms. The van der Waals surface area contributed by atoms with E-state index in [1.54, 1.807) is 18.2 Å². The smallest absolute Gasteiger partial charge is 0.295 e. The maximum atomic E-state index is 14.0. The number of carbonyl (C=O) groups excluding carboxylic acids is 2. The molecule has 1 amide bonds. The SMILES string of the molecule is O=C1C(=O)N(CCCN2CCOCC2)[C@@H](c2cccc(F)c2)C1=C(O)c1ccncc1. The topological polar surface area (TPSA) is 83.0 Å². The third kappa shape index (κ3) is 4.50. The lowest BCUT2D eigenvalue weighted by Gasteiger charge is -2.29. The summed E-state index contributed by atoms with van der Waals surface area (Å²) < 4.78 is 19.3. The first-order valence-corrected chi connectivity index (χ1v) is 10.3. The molecule has 162 valence electrons. The lowest BCUT2D eigenvalue weighted by Crippen LogP contribution is -2.39. The van der Waals surface area contributed by atoms with Gasteiger partial charge in [0.15, 0.2) is 0 Å². The molecular weight excluding hydrogens is 401 g/mol. The Kier molecular flexibility index (Phi) is 6.39. The van der Waals surface area contributed by atoms with Gasteiger partial charge in [-0.05, 0) is 36.2 Å². The molecule has 1 aromatic carbocycles. The van der Waals surface area contributed by atoms with E-state index in [1.165, 1.54) is 35.5 Å². The van der Waals surface area contributed by atoms with Crippen molar-refractivity contribution in [3.8, 4) is 0 Å². The summed E-state index contributed by atoms with van der Waals surface area (Å²) >= 11 is 0. The predicted octanol–water partition coefficient (Wildman–Crippen LogP) is 2.36. The van der Waals surface area contributed by atoms with Crippen LogP contribution in [0.25, 0.3) is 5.76 Å². The van der Waals surface area contributed by atoms with Crippen LogP contribution in [-0.4, -0.2) is 71.0 Å². The van der Waals surface area contributed by atoms with Crippen LogP contribution in [0.4, 0.5) is 4.39 Å². The van der Waals surface area contributed by atoms with E-state index in [2.05, 4.69) is 9.88 Å². The summed E-state index contributed by atoms with van der Waals surface area (Å²) in [6, 6.07) is 8.06. The van der Waals surface area contributed by atoms with E-state index >= 15 is 0 Å². The fourth-order valence-electron chi connectivity index (χ4n) is 4.09. The largest absolute Gasteiger partial charge is 0.507 e. The minimum atomic E-state index is -0.853. The summed E-state index contributed by atoms with van der Waals surface area (Å²) in [7, 11) is 0. The summed E-state index contributed by atoms with van der Waals surface area (Å²) in [4.78, 5) is 33.4. The van der Waals surface area contributed by atoms with Crippen LogP contribution in [0.2, 0.25) is 0 Å². The van der Waals surface area contributed by atoms with E-state index in [-0.39, 0.29) is 11.3 Å². The summed E-state index contributed by atoms with van der Waals surface area (Å²) in [5.74, 6) is -2.22. The van der Waals surface area contributed by atoms with Gasteiger partial charge in [-0.25, -0.2) is 4.39 Å². The number of nitrogens with zero attached hydrogens (tertiary/aromatic N) is 3. The average molecular weight is 425 g/mol. The van der Waals surface area contributed by atoms with Gasteiger partial charge in [-0.2, -0.15) is 0 Å². The van der Waals surface area contributed by atoms with Crippen LogP contribution in [0.1, 0.15) is 23.6 Å². The molecule has 2 aliphatic heterocycles. The van der Waals surface area contributed by atoms with Crippen LogP contribution >= 0.6 is 0 Å². The second-order valence-corrected chi connectivity index (χ2v) is 7.59. The number of rotatable bonds is 6. The van der Waals surface area contributed by atoms with Crippen LogP contribution < -0.4 is 0 Å². The van der Waals surface area contributed by atoms with Gasteiger partial charge in [0.25, 0.3) is 11.7 Å². The summed E-state index contributed by atoms with van der Waals surface area (Å²) in [6.45, 7) is 4.09. The molecule has 0 spiro atoms. The Morgan fingerprint density at radius 3 is 2.58 bits per heavy atom. The maximum Gasteiger partial charge on any atom is 0.295 e. The van der Waals surface area contributed by atoms with Gasteiger partial charge in [-0.15, -0.1) is 0 Å². The van der Waals surface area contributed by atoms with E-state index in [9.17, 15) is 19.1 Å². The van der Waals surface area contributed by atoms with Gasteiger partial charge >= 0.3 is 0 Å². The van der Waals surface area contributed by atoms with Gasteiger partial charge in [0.05, 0.1) is 24.8 Å². The molecule has 1 atom stereocenters. The maximum absolute atomic E-state index is 14.0. The number of hydrogen-bond acceptors (Lipinski definition) is 6.